The fraction of sp³-hybridized carbons (Fsp3) is 0.633. The van der Waals surface area contributed by atoms with Crippen molar-refractivity contribution in [2.75, 3.05) is 25.0 Å². The van der Waals surface area contributed by atoms with Gasteiger partial charge in [-0.3, -0.25) is 9.52 Å². The maximum atomic E-state index is 13.2. The second kappa shape index (κ2) is 13.4. The van der Waals surface area contributed by atoms with Crippen LogP contribution in [0.1, 0.15) is 83.6 Å². The Bertz CT molecular complexity index is 1140. The first-order valence-corrected chi connectivity index (χ1v) is 16.2. The van der Waals surface area contributed by atoms with Crippen LogP contribution in [0.5, 0.6) is 0 Å². The van der Waals surface area contributed by atoms with E-state index >= 15 is 0 Å². The van der Waals surface area contributed by atoms with Gasteiger partial charge in [-0.25, -0.2) is 8.42 Å². The zero-order chi connectivity index (χ0) is 27.9. The summed E-state index contributed by atoms with van der Waals surface area (Å²) in [5.41, 5.74) is 2.91. The molecule has 0 unspecified atom stereocenters. The Hall–Kier alpha value is -1.90. The third-order valence-corrected chi connectivity index (χ3v) is 10.5. The third kappa shape index (κ3) is 8.55. The van der Waals surface area contributed by atoms with E-state index in [1.54, 1.807) is 27.9 Å². The lowest BCUT2D eigenvalue weighted by molar-refractivity contribution is -0.133. The maximum Gasteiger partial charge on any atom is 0.238 e. The standard InChI is InChI=1S/C30H46N2O4S2/c1-22(2)18-26-20-27(29(37-26)31-38(34,35)30(3,4)5)25-14-12-24(13-15-25)21-32(16-17-36-6)28(33)19-23-10-8-7-9-11-23/h12-15,20,22-23,31H,7-11,16-19,21H2,1-6H3. The van der Waals surface area contributed by atoms with Crippen molar-refractivity contribution in [3.63, 3.8) is 0 Å². The van der Waals surface area contributed by atoms with E-state index in [4.69, 9.17) is 4.74 Å². The number of benzene rings is 1. The molecule has 1 aromatic carbocycles. The van der Waals surface area contributed by atoms with Crippen LogP contribution in [0.3, 0.4) is 0 Å². The van der Waals surface area contributed by atoms with Gasteiger partial charge >= 0.3 is 0 Å². The van der Waals surface area contributed by atoms with E-state index in [9.17, 15) is 13.2 Å². The fourth-order valence-electron chi connectivity index (χ4n) is 4.78. The number of sulfonamides is 1. The number of ether oxygens (including phenoxy) is 1. The number of carbonyl (C=O) groups is 1. The van der Waals surface area contributed by atoms with E-state index in [0.717, 1.165) is 40.8 Å². The topological polar surface area (TPSA) is 75.7 Å². The summed E-state index contributed by atoms with van der Waals surface area (Å²) in [5, 5.41) is 0.660. The van der Waals surface area contributed by atoms with Gasteiger partial charge in [-0.2, -0.15) is 0 Å². The highest BCUT2D eigenvalue weighted by Gasteiger charge is 2.30. The van der Waals surface area contributed by atoms with Crippen molar-refractivity contribution >= 4 is 32.3 Å². The van der Waals surface area contributed by atoms with Crippen molar-refractivity contribution in [3.05, 3.63) is 40.8 Å². The SMILES string of the molecule is COCCN(Cc1ccc(-c2cc(CC(C)C)sc2NS(=O)(=O)C(C)(C)C)cc1)C(=O)CC1CCCCC1. The molecular weight excluding hydrogens is 516 g/mol. The predicted octanol–water partition coefficient (Wildman–Crippen LogP) is 7.10. The highest BCUT2D eigenvalue weighted by Crippen LogP contribution is 2.39. The first kappa shape index (κ1) is 30.6. The average molecular weight is 563 g/mol. The molecule has 1 fully saturated rings. The third-order valence-electron chi connectivity index (χ3n) is 7.17. The van der Waals surface area contributed by atoms with E-state index in [0.29, 0.717) is 43.0 Å². The van der Waals surface area contributed by atoms with Gasteiger partial charge in [0.1, 0.15) is 5.00 Å². The molecule has 38 heavy (non-hydrogen) atoms. The number of hydrogen-bond acceptors (Lipinski definition) is 5. The van der Waals surface area contributed by atoms with Gasteiger partial charge in [0, 0.05) is 37.1 Å². The molecule has 1 amide bonds. The molecule has 0 aliphatic heterocycles. The van der Waals surface area contributed by atoms with E-state index < -0.39 is 14.8 Å². The van der Waals surface area contributed by atoms with Crippen LogP contribution in [-0.2, 0) is 32.5 Å². The van der Waals surface area contributed by atoms with Gasteiger partial charge in [-0.1, -0.05) is 57.4 Å². The van der Waals surface area contributed by atoms with Crippen molar-refractivity contribution in [2.24, 2.45) is 11.8 Å². The van der Waals surface area contributed by atoms with Gasteiger partial charge < -0.3 is 9.64 Å². The van der Waals surface area contributed by atoms with Crippen LogP contribution in [-0.4, -0.2) is 44.2 Å². The van der Waals surface area contributed by atoms with Crippen LogP contribution in [0.4, 0.5) is 5.00 Å². The van der Waals surface area contributed by atoms with Gasteiger partial charge in [0.2, 0.25) is 15.9 Å². The summed E-state index contributed by atoms with van der Waals surface area (Å²) in [6.45, 7) is 11.1. The first-order chi connectivity index (χ1) is 17.9. The van der Waals surface area contributed by atoms with Gasteiger partial charge in [-0.15, -0.1) is 11.3 Å². The Labute approximate surface area is 234 Å². The van der Waals surface area contributed by atoms with E-state index in [-0.39, 0.29) is 5.91 Å². The smallest absolute Gasteiger partial charge is 0.238 e. The highest BCUT2D eigenvalue weighted by molar-refractivity contribution is 7.94. The molecule has 2 aromatic rings. The van der Waals surface area contributed by atoms with E-state index in [1.165, 1.54) is 30.6 Å². The highest BCUT2D eigenvalue weighted by atomic mass is 32.2. The lowest BCUT2D eigenvalue weighted by Crippen LogP contribution is -2.34. The van der Waals surface area contributed by atoms with Crippen molar-refractivity contribution in [1.29, 1.82) is 0 Å². The number of hydrogen-bond donors (Lipinski definition) is 1. The number of carbonyl (C=O) groups excluding carboxylic acids is 1. The molecule has 1 aromatic heterocycles. The summed E-state index contributed by atoms with van der Waals surface area (Å²) >= 11 is 1.51. The van der Waals surface area contributed by atoms with Crippen LogP contribution < -0.4 is 4.72 Å². The minimum Gasteiger partial charge on any atom is -0.383 e. The lowest BCUT2D eigenvalue weighted by Gasteiger charge is -2.27. The maximum absolute atomic E-state index is 13.2. The number of amides is 1. The Kier molecular flexibility index (Phi) is 10.8. The molecule has 0 radical (unpaired) electrons. The number of anilines is 1. The molecule has 1 aliphatic carbocycles. The Morgan fingerprint density at radius 2 is 1.79 bits per heavy atom. The lowest BCUT2D eigenvalue weighted by atomic mass is 9.86. The minimum atomic E-state index is -3.55. The molecule has 8 heteroatoms. The zero-order valence-corrected chi connectivity index (χ0v) is 25.6. The van der Waals surface area contributed by atoms with E-state index in [1.807, 2.05) is 29.2 Å². The second-order valence-corrected chi connectivity index (χ2v) is 15.6. The molecule has 0 bridgehead atoms. The zero-order valence-electron chi connectivity index (χ0n) is 24.0. The van der Waals surface area contributed by atoms with Crippen molar-refractivity contribution in [1.82, 2.24) is 4.90 Å². The molecule has 0 atom stereocenters. The summed E-state index contributed by atoms with van der Waals surface area (Å²) in [4.78, 5) is 16.2. The molecule has 6 nitrogen and oxygen atoms in total. The molecule has 1 aliphatic rings. The monoisotopic (exact) mass is 562 g/mol. The van der Waals surface area contributed by atoms with Gasteiger partial charge in [-0.05, 0) is 69.1 Å². The molecule has 1 heterocycles. The Morgan fingerprint density at radius 3 is 2.37 bits per heavy atom. The van der Waals surface area contributed by atoms with Gasteiger partial charge in [0.05, 0.1) is 11.4 Å². The molecule has 212 valence electrons. The summed E-state index contributed by atoms with van der Waals surface area (Å²) in [6, 6.07) is 10.3. The molecule has 0 spiro atoms. The number of nitrogens with one attached hydrogen (secondary N) is 1. The molecular formula is C30H46N2O4S2. The van der Waals surface area contributed by atoms with Crippen LogP contribution in [0, 0.1) is 11.8 Å². The largest absolute Gasteiger partial charge is 0.383 e. The number of nitrogens with zero attached hydrogens (tertiary/aromatic N) is 1. The fourth-order valence-corrected chi connectivity index (χ4v) is 7.08. The Balaban J connectivity index is 1.80. The Morgan fingerprint density at radius 1 is 1.13 bits per heavy atom. The summed E-state index contributed by atoms with van der Waals surface area (Å²) in [7, 11) is -1.88. The van der Waals surface area contributed by atoms with Crippen molar-refractivity contribution in [3.8, 4) is 11.1 Å². The van der Waals surface area contributed by atoms with Gasteiger partial charge in [0.25, 0.3) is 0 Å². The molecule has 0 saturated heterocycles. The molecule has 1 N–H and O–H groups in total. The number of methoxy groups -OCH3 is 1. The minimum absolute atomic E-state index is 0.202. The predicted molar refractivity (Wildman–Crippen MR) is 159 cm³/mol. The summed E-state index contributed by atoms with van der Waals surface area (Å²) in [6.07, 6.45) is 7.56. The van der Waals surface area contributed by atoms with Crippen molar-refractivity contribution in [2.45, 2.75) is 90.9 Å². The van der Waals surface area contributed by atoms with Crippen LogP contribution in [0.25, 0.3) is 11.1 Å². The average Bonchev–Trinajstić information content (AvgIpc) is 3.22. The molecule has 1 saturated carbocycles. The normalized spacial score (nSPS) is 15.1. The molecule has 3 rings (SSSR count). The number of thiophene rings is 1. The first-order valence-electron chi connectivity index (χ1n) is 13.9. The van der Waals surface area contributed by atoms with Crippen LogP contribution >= 0.6 is 11.3 Å². The van der Waals surface area contributed by atoms with E-state index in [2.05, 4.69) is 24.6 Å². The number of rotatable bonds is 12. The second-order valence-electron chi connectivity index (χ2n) is 12.0. The van der Waals surface area contributed by atoms with Gasteiger partial charge in [0.15, 0.2) is 0 Å². The summed E-state index contributed by atoms with van der Waals surface area (Å²) < 4.78 is 33.1. The summed E-state index contributed by atoms with van der Waals surface area (Å²) in [5.74, 6) is 1.17. The van der Waals surface area contributed by atoms with Crippen LogP contribution in [0.2, 0.25) is 0 Å². The quantitative estimate of drug-likeness (QED) is 0.299. The van der Waals surface area contributed by atoms with Crippen molar-refractivity contribution < 1.29 is 17.9 Å². The van der Waals surface area contributed by atoms with Crippen LogP contribution in [0.15, 0.2) is 30.3 Å².